The number of hydrogen-bond donors (Lipinski definition) is 0. The van der Waals surface area contributed by atoms with Crippen molar-refractivity contribution < 1.29 is 4.79 Å². The van der Waals surface area contributed by atoms with Gasteiger partial charge in [0.05, 0.1) is 22.3 Å². The van der Waals surface area contributed by atoms with Crippen LogP contribution in [0.25, 0.3) is 0 Å². The molecule has 0 saturated heterocycles. The molecule has 0 aliphatic rings. The average Bonchev–Trinajstić information content (AvgIpc) is 2.56. The Hall–Kier alpha value is -0.530. The molecule has 0 aromatic carbocycles. The van der Waals surface area contributed by atoms with Crippen LogP contribution >= 0.6 is 47.8 Å². The Kier molecular flexibility index (Phi) is 4.58. The predicted octanol–water partition coefficient (Wildman–Crippen LogP) is 3.84. The molecule has 0 spiro atoms. The van der Waals surface area contributed by atoms with Gasteiger partial charge in [-0.05, 0) is 60.8 Å². The maximum Gasteiger partial charge on any atom is 0.188 e. The van der Waals surface area contributed by atoms with E-state index < -0.39 is 0 Å². The van der Waals surface area contributed by atoms with Gasteiger partial charge in [-0.25, -0.2) is 0 Å². The standard InChI is InChI=1S/C12H10Br3N3O/c1-6-11(15)9(18(2)17-6)4-10(19)12-8(14)3-7(13)5-16-12/h3,5H,4H2,1-2H3. The molecule has 19 heavy (non-hydrogen) atoms. The molecule has 0 aliphatic heterocycles. The number of halogens is 3. The molecule has 2 aromatic rings. The van der Waals surface area contributed by atoms with Crippen molar-refractivity contribution in [3.05, 3.63) is 42.8 Å². The summed E-state index contributed by atoms with van der Waals surface area (Å²) in [5.74, 6) is -0.0527. The smallest absolute Gasteiger partial charge is 0.188 e. The minimum absolute atomic E-state index is 0.0527. The molecule has 4 nitrogen and oxygen atoms in total. The maximum atomic E-state index is 12.3. The van der Waals surface area contributed by atoms with Crippen molar-refractivity contribution in [3.8, 4) is 0 Å². The molecule has 0 unspecified atom stereocenters. The Balaban J connectivity index is 2.31. The first-order chi connectivity index (χ1) is 8.90. The molecule has 0 aliphatic carbocycles. The Morgan fingerprint density at radius 3 is 2.58 bits per heavy atom. The first-order valence-corrected chi connectivity index (χ1v) is 7.80. The molecule has 0 saturated carbocycles. The van der Waals surface area contributed by atoms with Gasteiger partial charge in [-0.2, -0.15) is 5.10 Å². The van der Waals surface area contributed by atoms with Crippen molar-refractivity contribution in [2.24, 2.45) is 7.05 Å². The summed E-state index contributed by atoms with van der Waals surface area (Å²) < 4.78 is 4.09. The first-order valence-electron chi connectivity index (χ1n) is 5.42. The highest BCUT2D eigenvalue weighted by Crippen LogP contribution is 2.24. The second kappa shape index (κ2) is 5.85. The van der Waals surface area contributed by atoms with E-state index in [1.54, 1.807) is 10.9 Å². The van der Waals surface area contributed by atoms with Gasteiger partial charge in [0.2, 0.25) is 0 Å². The molecule has 7 heteroatoms. The number of ketones is 1. The fraction of sp³-hybridized carbons (Fsp3) is 0.250. The third kappa shape index (κ3) is 3.14. The van der Waals surface area contributed by atoms with Gasteiger partial charge in [0.1, 0.15) is 5.69 Å². The van der Waals surface area contributed by atoms with Crippen molar-refractivity contribution >= 4 is 53.6 Å². The van der Waals surface area contributed by atoms with Gasteiger partial charge in [0.25, 0.3) is 0 Å². The number of pyridine rings is 1. The van der Waals surface area contributed by atoms with Gasteiger partial charge >= 0.3 is 0 Å². The molecule has 100 valence electrons. The van der Waals surface area contributed by atoms with Crippen LogP contribution in [0.4, 0.5) is 0 Å². The lowest BCUT2D eigenvalue weighted by Crippen LogP contribution is -2.10. The average molecular weight is 452 g/mol. The third-order valence-corrected chi connectivity index (χ3v) is 4.73. The molecule has 0 fully saturated rings. The largest absolute Gasteiger partial charge is 0.292 e. The molecule has 0 atom stereocenters. The van der Waals surface area contributed by atoms with E-state index in [-0.39, 0.29) is 12.2 Å². The summed E-state index contributed by atoms with van der Waals surface area (Å²) in [4.78, 5) is 16.4. The van der Waals surface area contributed by atoms with Gasteiger partial charge in [-0.1, -0.05) is 0 Å². The monoisotopic (exact) mass is 449 g/mol. The highest BCUT2D eigenvalue weighted by atomic mass is 79.9. The normalized spacial score (nSPS) is 10.8. The van der Waals surface area contributed by atoms with E-state index in [1.165, 1.54) is 0 Å². The topological polar surface area (TPSA) is 47.8 Å². The highest BCUT2D eigenvalue weighted by Gasteiger charge is 2.18. The Morgan fingerprint density at radius 1 is 1.37 bits per heavy atom. The lowest BCUT2D eigenvalue weighted by Gasteiger charge is -2.04. The molecule has 2 heterocycles. The van der Waals surface area contributed by atoms with E-state index in [2.05, 4.69) is 57.9 Å². The Labute approximate surface area is 136 Å². The summed E-state index contributed by atoms with van der Waals surface area (Å²) in [7, 11) is 1.82. The highest BCUT2D eigenvalue weighted by molar-refractivity contribution is 9.11. The zero-order chi connectivity index (χ0) is 14.2. The predicted molar refractivity (Wildman–Crippen MR) is 83.3 cm³/mol. The van der Waals surface area contributed by atoms with Crippen LogP contribution in [0, 0.1) is 6.92 Å². The van der Waals surface area contributed by atoms with E-state index >= 15 is 0 Å². The number of hydrogen-bond acceptors (Lipinski definition) is 3. The number of Topliss-reactive ketones (excluding diaryl/α,β-unsaturated/α-hetero) is 1. The second-order valence-electron chi connectivity index (χ2n) is 4.05. The van der Waals surface area contributed by atoms with Crippen LogP contribution in [0.2, 0.25) is 0 Å². The van der Waals surface area contributed by atoms with E-state index in [4.69, 9.17) is 0 Å². The molecule has 0 amide bonds. The van der Waals surface area contributed by atoms with Crippen molar-refractivity contribution in [1.29, 1.82) is 0 Å². The number of carbonyl (C=O) groups is 1. The lowest BCUT2D eigenvalue weighted by molar-refractivity contribution is 0.0985. The van der Waals surface area contributed by atoms with Crippen molar-refractivity contribution in [3.63, 3.8) is 0 Å². The molecular weight excluding hydrogens is 442 g/mol. The number of nitrogens with zero attached hydrogens (tertiary/aromatic N) is 3. The molecule has 0 N–H and O–H groups in total. The van der Waals surface area contributed by atoms with Gasteiger partial charge in [0.15, 0.2) is 5.78 Å². The zero-order valence-electron chi connectivity index (χ0n) is 10.2. The number of aromatic nitrogens is 3. The van der Waals surface area contributed by atoms with E-state index in [0.29, 0.717) is 10.2 Å². The minimum Gasteiger partial charge on any atom is -0.292 e. The van der Waals surface area contributed by atoms with E-state index in [1.807, 2.05) is 20.0 Å². The zero-order valence-corrected chi connectivity index (χ0v) is 15.0. The number of carbonyl (C=O) groups excluding carboxylic acids is 1. The Morgan fingerprint density at radius 2 is 2.05 bits per heavy atom. The maximum absolute atomic E-state index is 12.3. The molecular formula is C12H10Br3N3O. The van der Waals surface area contributed by atoms with Crippen LogP contribution in [0.5, 0.6) is 0 Å². The van der Waals surface area contributed by atoms with Gasteiger partial charge < -0.3 is 0 Å². The van der Waals surface area contributed by atoms with Crippen molar-refractivity contribution in [2.75, 3.05) is 0 Å². The third-order valence-electron chi connectivity index (χ3n) is 2.66. The molecule has 2 rings (SSSR count). The van der Waals surface area contributed by atoms with Gasteiger partial charge in [-0.3, -0.25) is 14.5 Å². The summed E-state index contributed by atoms with van der Waals surface area (Å²) in [6.45, 7) is 1.89. The fourth-order valence-electron chi connectivity index (χ4n) is 1.73. The van der Waals surface area contributed by atoms with Crippen molar-refractivity contribution in [2.45, 2.75) is 13.3 Å². The summed E-state index contributed by atoms with van der Waals surface area (Å²) in [6.07, 6.45) is 1.87. The molecule has 0 radical (unpaired) electrons. The van der Waals surface area contributed by atoms with E-state index in [9.17, 15) is 4.79 Å². The van der Waals surface area contributed by atoms with Crippen LogP contribution in [-0.4, -0.2) is 20.5 Å². The lowest BCUT2D eigenvalue weighted by atomic mass is 10.1. The SMILES string of the molecule is Cc1nn(C)c(CC(=O)c2ncc(Br)cc2Br)c1Br. The molecule has 0 bridgehead atoms. The van der Waals surface area contributed by atoms with Crippen LogP contribution in [-0.2, 0) is 13.5 Å². The van der Waals surface area contributed by atoms with Crippen LogP contribution < -0.4 is 0 Å². The fourth-order valence-corrected chi connectivity index (χ4v) is 3.41. The van der Waals surface area contributed by atoms with Crippen LogP contribution in [0.3, 0.4) is 0 Å². The summed E-state index contributed by atoms with van der Waals surface area (Å²) >= 11 is 10.1. The summed E-state index contributed by atoms with van der Waals surface area (Å²) in [6, 6.07) is 1.81. The number of rotatable bonds is 3. The number of aryl methyl sites for hydroxylation is 2. The van der Waals surface area contributed by atoms with E-state index in [0.717, 1.165) is 20.3 Å². The van der Waals surface area contributed by atoms with Crippen LogP contribution in [0.1, 0.15) is 21.9 Å². The summed E-state index contributed by atoms with van der Waals surface area (Å²) in [5, 5.41) is 4.27. The van der Waals surface area contributed by atoms with Gasteiger partial charge in [-0.15, -0.1) is 0 Å². The summed E-state index contributed by atoms with van der Waals surface area (Å²) in [5.41, 5.74) is 2.14. The molecule has 2 aromatic heterocycles. The quantitative estimate of drug-likeness (QED) is 0.666. The van der Waals surface area contributed by atoms with Gasteiger partial charge in [0, 0.05) is 22.2 Å². The minimum atomic E-state index is -0.0527. The second-order valence-corrected chi connectivity index (χ2v) is 6.62. The van der Waals surface area contributed by atoms with Crippen LogP contribution in [0.15, 0.2) is 25.7 Å². The first kappa shape index (κ1) is 14.9. The van der Waals surface area contributed by atoms with Crippen molar-refractivity contribution in [1.82, 2.24) is 14.8 Å². The Bertz CT molecular complexity index is 652.